The van der Waals surface area contributed by atoms with Crippen molar-refractivity contribution in [1.82, 2.24) is 25.3 Å². The van der Waals surface area contributed by atoms with Crippen molar-refractivity contribution in [2.24, 2.45) is 0 Å². The van der Waals surface area contributed by atoms with E-state index in [1.54, 1.807) is 18.5 Å². The summed E-state index contributed by atoms with van der Waals surface area (Å²) in [4.78, 5) is 20.1. The summed E-state index contributed by atoms with van der Waals surface area (Å²) in [5.74, 6) is 1.31. The standard InChI is InChI=1S/C20H21N7S2/c1-2-8-21-19(28)26-18-24-16(27-12-14-6-3-4-7-15(14)13-27)11-17(25-18)29-20-22-9-5-10-23-20/h3-7,9-11H,2,8,12-13H2,1H3,(H2,21,24,25,26,28). The number of nitrogens with zero attached hydrogens (tertiary/aromatic N) is 5. The quantitative estimate of drug-likeness (QED) is 0.351. The summed E-state index contributed by atoms with van der Waals surface area (Å²) in [5, 5.41) is 8.17. The van der Waals surface area contributed by atoms with Crippen LogP contribution < -0.4 is 15.5 Å². The fourth-order valence-electron chi connectivity index (χ4n) is 2.99. The van der Waals surface area contributed by atoms with Crippen LogP contribution in [-0.2, 0) is 13.1 Å². The predicted octanol–water partition coefficient (Wildman–Crippen LogP) is 3.63. The lowest BCUT2D eigenvalue weighted by Crippen LogP contribution is -2.30. The first-order valence-corrected chi connectivity index (χ1v) is 10.6. The van der Waals surface area contributed by atoms with Gasteiger partial charge in [0.1, 0.15) is 10.8 Å². The van der Waals surface area contributed by atoms with Gasteiger partial charge in [0, 0.05) is 38.1 Å². The number of thiocarbonyl (C=S) groups is 1. The van der Waals surface area contributed by atoms with Gasteiger partial charge in [-0.15, -0.1) is 0 Å². The molecule has 7 nitrogen and oxygen atoms in total. The van der Waals surface area contributed by atoms with Crippen LogP contribution in [0.1, 0.15) is 24.5 Å². The maximum Gasteiger partial charge on any atom is 0.232 e. The molecule has 2 aromatic heterocycles. The van der Waals surface area contributed by atoms with Crippen molar-refractivity contribution < 1.29 is 0 Å². The lowest BCUT2D eigenvalue weighted by Gasteiger charge is -2.18. The van der Waals surface area contributed by atoms with Crippen LogP contribution in [-0.4, -0.2) is 31.6 Å². The van der Waals surface area contributed by atoms with Gasteiger partial charge in [0.15, 0.2) is 10.3 Å². The molecule has 0 amide bonds. The third-order valence-electron chi connectivity index (χ3n) is 4.35. The summed E-state index contributed by atoms with van der Waals surface area (Å²) in [6, 6.07) is 12.2. The minimum atomic E-state index is 0.463. The second kappa shape index (κ2) is 9.15. The van der Waals surface area contributed by atoms with Gasteiger partial charge in [-0.05, 0) is 47.6 Å². The summed E-state index contributed by atoms with van der Waals surface area (Å²) < 4.78 is 0. The van der Waals surface area contributed by atoms with E-state index in [-0.39, 0.29) is 0 Å². The van der Waals surface area contributed by atoms with Crippen molar-refractivity contribution >= 4 is 40.9 Å². The molecule has 0 saturated carbocycles. The maximum absolute atomic E-state index is 5.36. The number of benzene rings is 1. The van der Waals surface area contributed by atoms with Crippen molar-refractivity contribution in [3.63, 3.8) is 0 Å². The lowest BCUT2D eigenvalue weighted by molar-refractivity contribution is 0.836. The molecule has 29 heavy (non-hydrogen) atoms. The maximum atomic E-state index is 5.36. The molecule has 0 bridgehead atoms. The first kappa shape index (κ1) is 19.5. The summed E-state index contributed by atoms with van der Waals surface area (Å²) in [7, 11) is 0. The number of aromatic nitrogens is 4. The SMILES string of the molecule is CCCNC(=S)Nc1nc(Sc2ncccn2)cc(N2Cc3ccccc3C2)n1. The van der Waals surface area contributed by atoms with E-state index in [1.807, 2.05) is 6.07 Å². The molecule has 0 saturated heterocycles. The van der Waals surface area contributed by atoms with Crippen LogP contribution in [0.15, 0.2) is 59.0 Å². The second-order valence-corrected chi connectivity index (χ2v) is 7.92. The highest BCUT2D eigenvalue weighted by molar-refractivity contribution is 7.99. The predicted molar refractivity (Wildman–Crippen MR) is 119 cm³/mol. The normalized spacial score (nSPS) is 12.5. The Balaban J connectivity index is 1.60. The molecular weight excluding hydrogens is 402 g/mol. The smallest absolute Gasteiger partial charge is 0.232 e. The zero-order valence-corrected chi connectivity index (χ0v) is 17.6. The van der Waals surface area contributed by atoms with E-state index in [2.05, 4.69) is 61.7 Å². The van der Waals surface area contributed by atoms with Crippen molar-refractivity contribution in [2.45, 2.75) is 36.6 Å². The highest BCUT2D eigenvalue weighted by Gasteiger charge is 2.21. The molecule has 0 spiro atoms. The Kier molecular flexibility index (Phi) is 6.16. The summed E-state index contributed by atoms with van der Waals surface area (Å²) in [6.07, 6.45) is 4.43. The Morgan fingerprint density at radius 3 is 2.52 bits per heavy atom. The summed E-state index contributed by atoms with van der Waals surface area (Å²) in [6.45, 7) is 4.52. The van der Waals surface area contributed by atoms with Crippen LogP contribution in [0.3, 0.4) is 0 Å². The van der Waals surface area contributed by atoms with E-state index in [9.17, 15) is 0 Å². The molecule has 1 aliphatic heterocycles. The molecule has 0 unspecified atom stereocenters. The van der Waals surface area contributed by atoms with E-state index >= 15 is 0 Å². The lowest BCUT2D eigenvalue weighted by atomic mass is 10.1. The molecule has 0 atom stereocenters. The zero-order chi connectivity index (χ0) is 20.1. The molecule has 1 aromatic carbocycles. The van der Waals surface area contributed by atoms with Crippen LogP contribution in [0.25, 0.3) is 0 Å². The topological polar surface area (TPSA) is 78.9 Å². The van der Waals surface area contributed by atoms with Crippen molar-refractivity contribution in [3.05, 3.63) is 59.9 Å². The zero-order valence-electron chi connectivity index (χ0n) is 16.0. The molecule has 0 fully saturated rings. The van der Waals surface area contributed by atoms with Crippen LogP contribution in [0.2, 0.25) is 0 Å². The minimum Gasteiger partial charge on any atom is -0.362 e. The molecule has 4 rings (SSSR count). The third-order valence-corrected chi connectivity index (χ3v) is 5.41. The number of hydrogen-bond donors (Lipinski definition) is 2. The molecule has 148 valence electrons. The summed E-state index contributed by atoms with van der Waals surface area (Å²) >= 11 is 6.76. The molecular formula is C20H21N7S2. The van der Waals surface area contributed by atoms with Gasteiger partial charge >= 0.3 is 0 Å². The highest BCUT2D eigenvalue weighted by atomic mass is 32.2. The third kappa shape index (κ3) is 4.99. The van der Waals surface area contributed by atoms with E-state index in [1.165, 1.54) is 22.9 Å². The van der Waals surface area contributed by atoms with Crippen LogP contribution in [0.4, 0.5) is 11.8 Å². The van der Waals surface area contributed by atoms with Gasteiger partial charge in [0.05, 0.1) is 0 Å². The van der Waals surface area contributed by atoms with Crippen LogP contribution in [0, 0.1) is 0 Å². The largest absolute Gasteiger partial charge is 0.362 e. The second-order valence-electron chi connectivity index (χ2n) is 6.53. The van der Waals surface area contributed by atoms with Crippen molar-refractivity contribution in [3.8, 4) is 0 Å². The van der Waals surface area contributed by atoms with Crippen molar-refractivity contribution in [2.75, 3.05) is 16.8 Å². The minimum absolute atomic E-state index is 0.463. The molecule has 1 aliphatic rings. The number of hydrogen-bond acceptors (Lipinski definition) is 7. The number of nitrogens with one attached hydrogen (secondary N) is 2. The van der Waals surface area contributed by atoms with Gasteiger partial charge in [0.2, 0.25) is 5.95 Å². The summed E-state index contributed by atoms with van der Waals surface area (Å²) in [5.41, 5.74) is 2.64. The average Bonchev–Trinajstić information content (AvgIpc) is 3.17. The fraction of sp³-hybridized carbons (Fsp3) is 0.250. The molecule has 2 N–H and O–H groups in total. The van der Waals surface area contributed by atoms with E-state index in [0.29, 0.717) is 16.2 Å². The van der Waals surface area contributed by atoms with Gasteiger partial charge in [-0.2, -0.15) is 4.98 Å². The van der Waals surface area contributed by atoms with E-state index in [4.69, 9.17) is 17.2 Å². The van der Waals surface area contributed by atoms with Crippen LogP contribution in [0.5, 0.6) is 0 Å². The Morgan fingerprint density at radius 1 is 1.10 bits per heavy atom. The Morgan fingerprint density at radius 2 is 1.83 bits per heavy atom. The molecule has 0 aliphatic carbocycles. The molecule has 0 radical (unpaired) electrons. The van der Waals surface area contributed by atoms with Crippen LogP contribution >= 0.6 is 24.0 Å². The van der Waals surface area contributed by atoms with Gasteiger partial charge in [-0.25, -0.2) is 15.0 Å². The monoisotopic (exact) mass is 423 g/mol. The van der Waals surface area contributed by atoms with Crippen molar-refractivity contribution in [1.29, 1.82) is 0 Å². The Labute approximate surface area is 179 Å². The first-order chi connectivity index (χ1) is 14.2. The van der Waals surface area contributed by atoms with Gasteiger partial charge in [0.25, 0.3) is 0 Å². The van der Waals surface area contributed by atoms with Gasteiger partial charge < -0.3 is 15.5 Å². The number of rotatable bonds is 6. The van der Waals surface area contributed by atoms with Gasteiger partial charge in [-0.1, -0.05) is 31.2 Å². The number of anilines is 2. The van der Waals surface area contributed by atoms with E-state index in [0.717, 1.165) is 36.9 Å². The first-order valence-electron chi connectivity index (χ1n) is 9.42. The van der Waals surface area contributed by atoms with Gasteiger partial charge in [-0.3, -0.25) is 0 Å². The Hall–Kier alpha value is -2.78. The fourth-order valence-corrected chi connectivity index (χ4v) is 3.90. The Bertz CT molecular complexity index is 972. The molecule has 9 heteroatoms. The molecule has 3 aromatic rings. The average molecular weight is 424 g/mol. The number of fused-ring (bicyclic) bond motifs is 1. The van der Waals surface area contributed by atoms with E-state index < -0.39 is 0 Å². The highest BCUT2D eigenvalue weighted by Crippen LogP contribution is 2.31. The molecule has 3 heterocycles.